The van der Waals surface area contributed by atoms with E-state index in [-0.39, 0.29) is 40.5 Å². The molecule has 0 aromatic carbocycles. The van der Waals surface area contributed by atoms with E-state index in [0.29, 0.717) is 0 Å². The lowest BCUT2D eigenvalue weighted by atomic mass is 10.1. The summed E-state index contributed by atoms with van der Waals surface area (Å²) in [7, 11) is -5.05. The summed E-state index contributed by atoms with van der Waals surface area (Å²) >= 11 is 0. The van der Waals surface area contributed by atoms with Gasteiger partial charge in [0.05, 0.1) is 25.4 Å². The number of fused-ring (bicyclic) bond motifs is 2. The minimum absolute atomic E-state index is 0.0630. The van der Waals surface area contributed by atoms with Gasteiger partial charge in [-0.3, -0.25) is 28.0 Å². The number of nitrogens with two attached hydrogens (primary N) is 2. The van der Waals surface area contributed by atoms with Crippen molar-refractivity contribution in [3.63, 3.8) is 0 Å². The molecular formula is C21H27N10O11P. The van der Waals surface area contributed by atoms with E-state index >= 15 is 0 Å². The minimum Gasteiger partial charge on any atom is -0.396 e. The zero-order valence-corrected chi connectivity index (χ0v) is 22.8. The second-order valence-corrected chi connectivity index (χ2v) is 11.2. The summed E-state index contributed by atoms with van der Waals surface area (Å²) in [6.07, 6.45) is -7.67. The van der Waals surface area contributed by atoms with Crippen LogP contribution in [0.4, 0.5) is 11.8 Å². The number of aliphatic hydroxyl groups excluding tert-OH is 4. The van der Waals surface area contributed by atoms with E-state index in [1.54, 1.807) is 0 Å². The Morgan fingerprint density at radius 2 is 1.65 bits per heavy atom. The van der Waals surface area contributed by atoms with Crippen LogP contribution < -0.4 is 17.0 Å². The summed E-state index contributed by atoms with van der Waals surface area (Å²) in [5.74, 6) is -0.157. The van der Waals surface area contributed by atoms with Crippen LogP contribution in [-0.2, 0) is 23.1 Å². The third-order valence-corrected chi connectivity index (χ3v) is 8.09. The highest BCUT2D eigenvalue weighted by atomic mass is 31.2. The van der Waals surface area contributed by atoms with Gasteiger partial charge in [-0.2, -0.15) is 4.98 Å². The monoisotopic (exact) mass is 626 g/mol. The quantitative estimate of drug-likeness (QED) is 0.0852. The van der Waals surface area contributed by atoms with Gasteiger partial charge in [0, 0.05) is 6.61 Å². The van der Waals surface area contributed by atoms with Crippen molar-refractivity contribution in [1.82, 2.24) is 39.0 Å². The average molecular weight is 626 g/mol. The fraction of sp³-hybridized carbons (Fsp3) is 0.524. The minimum atomic E-state index is -5.05. The Bertz CT molecular complexity index is 1750. The standard InChI is InChI=1S/C21H27N10O11P/c22-15-9-16(25-4-24-15)30(5-26-9)19-13(35)11(33)8(41-19)3-39-43(37,38)42-14-12(34)7(1-2-32)40-20(14)31-6-27-10-17(31)28-21(23)29-18(10)36/h4-8,11-14,19-20,32-35H,1-3H2,(H,37,38)(H2,22,24,25)(H3,23,28,29,36)/t7-,8-,11-,12-,13-,14-,19-,20-/m1/s1. The second-order valence-electron chi connectivity index (χ2n) is 9.81. The van der Waals surface area contributed by atoms with Gasteiger partial charge >= 0.3 is 7.82 Å². The number of imidazole rings is 2. The Labute approximate surface area is 239 Å². The Balaban J connectivity index is 1.19. The molecular weight excluding hydrogens is 599 g/mol. The molecule has 4 aromatic heterocycles. The van der Waals surface area contributed by atoms with Crippen molar-refractivity contribution in [3.05, 3.63) is 29.3 Å². The second kappa shape index (κ2) is 11.1. The SMILES string of the molecule is Nc1nc2c(ncn2[C@@H]2O[C@H](CCO)[C@@H](O)[C@H]2OP(=O)(O)OC[C@H]2O[C@@H](n3cnc4c(N)ncnc43)[C@H](O)[C@@H]2O)c(=O)[nH]1. The number of rotatable bonds is 9. The van der Waals surface area contributed by atoms with Crippen molar-refractivity contribution in [1.29, 1.82) is 0 Å². The third-order valence-electron chi connectivity index (χ3n) is 7.11. The van der Waals surface area contributed by atoms with E-state index in [2.05, 4.69) is 29.9 Å². The first-order chi connectivity index (χ1) is 20.5. The third kappa shape index (κ3) is 5.25. The fourth-order valence-electron chi connectivity index (χ4n) is 5.06. The van der Waals surface area contributed by atoms with Crippen LogP contribution in [0.25, 0.3) is 22.3 Å². The largest absolute Gasteiger partial charge is 0.472 e. The number of aromatic amines is 1. The van der Waals surface area contributed by atoms with Crippen LogP contribution in [0.15, 0.2) is 23.8 Å². The molecule has 4 aromatic rings. The zero-order valence-electron chi connectivity index (χ0n) is 21.9. The molecule has 21 nitrogen and oxygen atoms in total. The van der Waals surface area contributed by atoms with Crippen molar-refractivity contribution in [2.24, 2.45) is 0 Å². The summed E-state index contributed by atoms with van der Waals surface area (Å²) in [4.78, 5) is 45.1. The first kappa shape index (κ1) is 29.4. The van der Waals surface area contributed by atoms with E-state index in [9.17, 15) is 34.7 Å². The Morgan fingerprint density at radius 1 is 0.953 bits per heavy atom. The number of H-pyrrole nitrogens is 1. The number of aromatic nitrogens is 8. The number of nitrogens with one attached hydrogen (secondary N) is 1. The molecule has 232 valence electrons. The summed E-state index contributed by atoms with van der Waals surface area (Å²) in [6.45, 7) is -1.13. The van der Waals surface area contributed by atoms with Crippen molar-refractivity contribution in [2.75, 3.05) is 24.7 Å². The topological polar surface area (TPSA) is 314 Å². The highest BCUT2D eigenvalue weighted by molar-refractivity contribution is 7.47. The molecule has 0 spiro atoms. The molecule has 2 fully saturated rings. The average Bonchev–Trinajstić information content (AvgIpc) is 3.71. The lowest BCUT2D eigenvalue weighted by Crippen LogP contribution is -2.35. The van der Waals surface area contributed by atoms with E-state index < -0.39 is 75.7 Å². The molecule has 2 aliphatic heterocycles. The maximum atomic E-state index is 13.1. The smallest absolute Gasteiger partial charge is 0.396 e. The van der Waals surface area contributed by atoms with Gasteiger partial charge in [-0.05, 0) is 6.42 Å². The van der Waals surface area contributed by atoms with Gasteiger partial charge < -0.3 is 46.3 Å². The van der Waals surface area contributed by atoms with Crippen molar-refractivity contribution in [3.8, 4) is 0 Å². The van der Waals surface area contributed by atoms with Crippen LogP contribution >= 0.6 is 7.82 Å². The van der Waals surface area contributed by atoms with Crippen molar-refractivity contribution in [2.45, 2.75) is 55.5 Å². The van der Waals surface area contributed by atoms with E-state index in [1.165, 1.54) is 21.8 Å². The number of phosphoric ester groups is 1. The molecule has 2 saturated heterocycles. The van der Waals surface area contributed by atoms with Gasteiger partial charge in [0.25, 0.3) is 5.56 Å². The molecule has 0 bridgehead atoms. The van der Waals surface area contributed by atoms with Gasteiger partial charge in [-0.15, -0.1) is 0 Å². The van der Waals surface area contributed by atoms with Crippen LogP contribution in [0, 0.1) is 0 Å². The van der Waals surface area contributed by atoms with Gasteiger partial charge in [0.15, 0.2) is 35.1 Å². The summed E-state index contributed by atoms with van der Waals surface area (Å²) in [5.41, 5.74) is 11.1. The Hall–Kier alpha value is -3.63. The normalized spacial score (nSPS) is 30.8. The molecule has 0 saturated carbocycles. The Morgan fingerprint density at radius 3 is 2.40 bits per heavy atom. The molecule has 0 aliphatic carbocycles. The molecule has 9 atom stereocenters. The van der Waals surface area contributed by atoms with Crippen LogP contribution in [-0.4, -0.2) is 114 Å². The predicted octanol–water partition coefficient (Wildman–Crippen LogP) is -3.11. The number of nitrogens with zero attached hydrogens (tertiary/aromatic N) is 7. The number of anilines is 2. The molecule has 2 aliphatic rings. The molecule has 43 heavy (non-hydrogen) atoms. The molecule has 22 heteroatoms. The lowest BCUT2D eigenvalue weighted by Gasteiger charge is -2.25. The van der Waals surface area contributed by atoms with Gasteiger partial charge in [-0.25, -0.2) is 24.5 Å². The number of hydrogen-bond acceptors (Lipinski definition) is 17. The maximum Gasteiger partial charge on any atom is 0.472 e. The molecule has 6 rings (SSSR count). The number of hydrogen-bond donors (Lipinski definition) is 8. The summed E-state index contributed by atoms with van der Waals surface area (Å²) in [5, 5.41) is 41.5. The van der Waals surface area contributed by atoms with Gasteiger partial charge in [0.2, 0.25) is 5.95 Å². The number of phosphoric acid groups is 1. The first-order valence-corrected chi connectivity index (χ1v) is 14.3. The number of ether oxygens (including phenoxy) is 2. The highest BCUT2D eigenvalue weighted by Gasteiger charge is 2.50. The van der Waals surface area contributed by atoms with Crippen molar-refractivity contribution < 1.29 is 48.4 Å². The summed E-state index contributed by atoms with van der Waals surface area (Å²) in [6, 6.07) is 0. The number of aliphatic hydroxyl groups is 4. The summed E-state index contributed by atoms with van der Waals surface area (Å²) < 4.78 is 37.5. The van der Waals surface area contributed by atoms with Crippen LogP contribution in [0.3, 0.4) is 0 Å². The predicted molar refractivity (Wildman–Crippen MR) is 140 cm³/mol. The van der Waals surface area contributed by atoms with Gasteiger partial charge in [-0.1, -0.05) is 0 Å². The molecule has 10 N–H and O–H groups in total. The lowest BCUT2D eigenvalue weighted by molar-refractivity contribution is -0.0601. The zero-order chi connectivity index (χ0) is 30.6. The molecule has 6 heterocycles. The molecule has 0 radical (unpaired) electrons. The highest BCUT2D eigenvalue weighted by Crippen LogP contribution is 2.50. The maximum absolute atomic E-state index is 13.1. The van der Waals surface area contributed by atoms with Crippen LogP contribution in [0.5, 0.6) is 0 Å². The molecule has 0 amide bonds. The Kier molecular flexibility index (Phi) is 7.62. The van der Waals surface area contributed by atoms with E-state index in [1.807, 2.05) is 0 Å². The van der Waals surface area contributed by atoms with Gasteiger partial charge in [0.1, 0.15) is 42.4 Å². The first-order valence-electron chi connectivity index (χ1n) is 12.8. The van der Waals surface area contributed by atoms with Crippen LogP contribution in [0.1, 0.15) is 18.9 Å². The van der Waals surface area contributed by atoms with E-state index in [0.717, 1.165) is 6.33 Å². The number of nitrogen functional groups attached to an aromatic ring is 2. The van der Waals surface area contributed by atoms with Crippen LogP contribution in [0.2, 0.25) is 0 Å². The molecule has 1 unspecified atom stereocenters. The fourth-order valence-corrected chi connectivity index (χ4v) is 5.99. The van der Waals surface area contributed by atoms with Crippen molar-refractivity contribution >= 4 is 41.9 Å². The van der Waals surface area contributed by atoms with E-state index in [4.69, 9.17) is 30.0 Å².